The molecule has 3 aromatic rings. The molecule has 0 unspecified atom stereocenters. The lowest BCUT2D eigenvalue weighted by molar-refractivity contribution is -0.189. The van der Waals surface area contributed by atoms with E-state index in [1.807, 2.05) is 30.3 Å². The van der Waals surface area contributed by atoms with Gasteiger partial charge in [-0.25, -0.2) is 9.78 Å². The highest BCUT2D eigenvalue weighted by Crippen LogP contribution is 2.41. The predicted octanol–water partition coefficient (Wildman–Crippen LogP) is 2.74. The average molecular weight is 1420 g/mol. The molecule has 4 aliphatic carbocycles. The summed E-state index contributed by atoms with van der Waals surface area (Å²) in [6, 6.07) is 14.3. The van der Waals surface area contributed by atoms with Gasteiger partial charge in [-0.3, -0.25) is 33.9 Å². The van der Waals surface area contributed by atoms with Gasteiger partial charge in [-0.2, -0.15) is 0 Å². The summed E-state index contributed by atoms with van der Waals surface area (Å²) in [5.41, 5.74) is 13.2. The number of Topliss-reactive ketones (excluding diaryl/α,β-unsaturated/α-hetero) is 1. The maximum Gasteiger partial charge on any atom is 0.355 e. The Kier molecular flexibility index (Phi) is 35.7. The molecule has 0 saturated heterocycles. The van der Waals surface area contributed by atoms with E-state index in [4.69, 9.17) is 25.9 Å². The van der Waals surface area contributed by atoms with Crippen LogP contribution in [-0.2, 0) is 47.4 Å². The van der Waals surface area contributed by atoms with Gasteiger partial charge in [0.25, 0.3) is 5.56 Å². The van der Waals surface area contributed by atoms with Gasteiger partial charge in [-0.15, -0.1) is 0 Å². The lowest BCUT2D eigenvalue weighted by Gasteiger charge is -2.37. The van der Waals surface area contributed by atoms with E-state index in [0.717, 1.165) is 212 Å². The van der Waals surface area contributed by atoms with Crippen molar-refractivity contribution >= 4 is 34.5 Å². The summed E-state index contributed by atoms with van der Waals surface area (Å²) in [6.07, 6.45) is 18.7. The number of aromatic nitrogens is 2. The Labute approximate surface area is 609 Å². The fraction of sp³-hybridized carbons (Fsp3) is 0.766. The van der Waals surface area contributed by atoms with Crippen LogP contribution in [0.4, 0.5) is 0 Å². The second kappa shape index (κ2) is 44.9. The number of unbranched alkanes of at least 4 members (excludes halogenated alkanes) is 2. The first-order valence-corrected chi connectivity index (χ1v) is 40.0. The van der Waals surface area contributed by atoms with Crippen molar-refractivity contribution in [2.45, 2.75) is 178 Å². The van der Waals surface area contributed by atoms with Crippen LogP contribution in [0.5, 0.6) is 0 Å². The molecule has 0 bridgehead atoms. The van der Waals surface area contributed by atoms with Crippen molar-refractivity contribution in [1.29, 1.82) is 0 Å². The van der Waals surface area contributed by atoms with Crippen LogP contribution in [0.2, 0.25) is 0 Å². The number of pyridine rings is 2. The first-order chi connectivity index (χ1) is 49.9. The maximum absolute atomic E-state index is 14.1. The molecule has 4 saturated carbocycles. The Morgan fingerprint density at radius 1 is 0.578 bits per heavy atom. The molecular formula is C77H132N18O7. The number of carbonyl (C=O) groups excluding carboxylic acids is 4. The molecule has 9 rings (SSSR count). The fourth-order valence-corrected chi connectivity index (χ4v) is 14.8. The molecule has 4 fully saturated rings. The predicted molar refractivity (Wildman–Crippen MR) is 408 cm³/mol. The summed E-state index contributed by atoms with van der Waals surface area (Å²) in [5, 5.41) is 29.8. The number of cyclic esters (lactones) is 1. The van der Waals surface area contributed by atoms with Gasteiger partial charge in [0, 0.05) is 243 Å². The van der Waals surface area contributed by atoms with E-state index in [1.165, 1.54) is 77.0 Å². The van der Waals surface area contributed by atoms with Crippen LogP contribution < -0.4 is 59.6 Å². The molecule has 6 aliphatic rings. The second-order valence-corrected chi connectivity index (χ2v) is 29.8. The molecule has 4 heterocycles. The summed E-state index contributed by atoms with van der Waals surface area (Å²) >= 11 is 0. The van der Waals surface area contributed by atoms with Gasteiger partial charge >= 0.3 is 11.9 Å². The topological polar surface area (TPSA) is 289 Å². The molecule has 2 aromatic heterocycles. The molecule has 12 N–H and O–H groups in total. The maximum atomic E-state index is 14.1. The Balaban J connectivity index is 0.748. The number of esters is 2. The van der Waals surface area contributed by atoms with Crippen LogP contribution in [0.3, 0.4) is 0 Å². The zero-order valence-electron chi connectivity index (χ0n) is 62.6. The number of nitrogens with zero attached hydrogens (tertiary/aromatic N) is 8. The van der Waals surface area contributed by atoms with E-state index in [-0.39, 0.29) is 67.1 Å². The normalized spacial score (nSPS) is 17.7. The van der Waals surface area contributed by atoms with E-state index in [0.29, 0.717) is 62.2 Å². The van der Waals surface area contributed by atoms with E-state index in [2.05, 4.69) is 79.0 Å². The van der Waals surface area contributed by atoms with Crippen LogP contribution in [-0.4, -0.2) is 290 Å². The van der Waals surface area contributed by atoms with Crippen LogP contribution in [0.15, 0.2) is 41.2 Å². The number of fused-ring (bicyclic) bond motifs is 5. The summed E-state index contributed by atoms with van der Waals surface area (Å²) in [4.78, 5) is 88.7. The van der Waals surface area contributed by atoms with Crippen molar-refractivity contribution in [3.8, 4) is 11.4 Å². The first kappa shape index (κ1) is 81.1. The van der Waals surface area contributed by atoms with Gasteiger partial charge in [0.2, 0.25) is 11.5 Å². The van der Waals surface area contributed by atoms with Crippen molar-refractivity contribution in [1.82, 2.24) is 81.5 Å². The van der Waals surface area contributed by atoms with Crippen LogP contribution >= 0.6 is 0 Å². The van der Waals surface area contributed by atoms with Gasteiger partial charge in [0.15, 0.2) is 0 Å². The number of likely N-dealkylation sites (N-methyl/N-ethyl adjacent to an activating group) is 1. The zero-order chi connectivity index (χ0) is 71.6. The summed E-state index contributed by atoms with van der Waals surface area (Å²) in [6.45, 7) is 29.4. The number of hydrogen-bond acceptors (Lipinski definition) is 23. The highest BCUT2D eigenvalue weighted by molar-refractivity contribution is 5.90. The lowest BCUT2D eigenvalue weighted by Crippen LogP contribution is -2.47. The third-order valence-corrected chi connectivity index (χ3v) is 22.4. The smallest absolute Gasteiger partial charge is 0.355 e. The quantitative estimate of drug-likeness (QED) is 0.0225. The van der Waals surface area contributed by atoms with Gasteiger partial charge in [0.1, 0.15) is 12.4 Å². The van der Waals surface area contributed by atoms with Gasteiger partial charge in [-0.05, 0) is 109 Å². The number of nitrogens with two attached hydrogens (primary N) is 2. The number of ether oxygens (including phenoxy) is 2. The molecule has 2 aliphatic heterocycles. The molecule has 102 heavy (non-hydrogen) atoms. The largest absolute Gasteiger partial charge is 0.457 e. The van der Waals surface area contributed by atoms with Crippen molar-refractivity contribution in [2.75, 3.05) is 203 Å². The Bertz CT molecular complexity index is 3040. The molecular weight excluding hydrogens is 1290 g/mol. The van der Waals surface area contributed by atoms with Crippen molar-refractivity contribution in [3.63, 3.8) is 0 Å². The van der Waals surface area contributed by atoms with Crippen LogP contribution in [0, 0.1) is 0 Å². The minimum Gasteiger partial charge on any atom is -0.457 e. The molecule has 25 nitrogen and oxygen atoms in total. The number of nitrogens with one attached hydrogen (secondary N) is 8. The third-order valence-electron chi connectivity index (χ3n) is 22.4. The summed E-state index contributed by atoms with van der Waals surface area (Å²) < 4.78 is 13.2. The average Bonchev–Trinajstić information content (AvgIpc) is 1.55. The standard InChI is InChI=1S/C77H132N18O7/c1-3-77(69-58-71-74-62(57-61-13-5-6-22-70(61)88-74)59-95(71)75(99)68(69)60-101-76(77)100)102-73(98)26-24-67(96)23-25-72(97)87-40-48-92(46-34-82-31-30-81-32-33-84-63-14-9-15-63)55-54-91(45-35-83-37-50-94(66-20-12-21-66)49-36-80-29-27-78)42-8-4-7-41-90(43-28-79)53-56-93(47-39-86-65-18-11-19-65)52-51-89(2)44-38-85-64-16-10-17-64/h5-6,13,22,57-58,63-66,80-86H,3-4,7-12,14-21,23-56,59-60,78-79H2,1-2H3,(H,87,97)/t77-/m1/s1. The van der Waals surface area contributed by atoms with E-state index < -0.39 is 17.5 Å². The van der Waals surface area contributed by atoms with E-state index in [9.17, 15) is 24.0 Å². The SMILES string of the molecule is CC[C@]1(OC(=O)CCC(=O)CCC(=O)NCCN(CCNCCNCCNC2CCC2)CCN(CCCCCN(CCN)CCN(CCNC2CCC2)CCN(C)CCNC2CCC2)CCNCCN(CCNCCN)C2CCC2)C(=O)OCc2c1cc1n(c2=O)Cc2cc3ccccc3nc2-1. The molecule has 0 spiro atoms. The molecule has 572 valence electrons. The highest BCUT2D eigenvalue weighted by Gasteiger charge is 2.50. The van der Waals surface area contributed by atoms with Gasteiger partial charge < -0.3 is 82.7 Å². The Hall–Kier alpha value is -4.94. The number of rotatable bonds is 58. The first-order valence-electron chi connectivity index (χ1n) is 40.0. The molecule has 1 amide bonds. The number of carbonyl (C=O) groups is 4. The number of benzene rings is 1. The van der Waals surface area contributed by atoms with Crippen LogP contribution in [0.25, 0.3) is 22.3 Å². The van der Waals surface area contributed by atoms with Crippen molar-refractivity contribution < 1.29 is 28.7 Å². The summed E-state index contributed by atoms with van der Waals surface area (Å²) in [5.74, 6) is -2.03. The third kappa shape index (κ3) is 26.2. The minimum absolute atomic E-state index is 0.0134. The highest BCUT2D eigenvalue weighted by atomic mass is 16.6. The van der Waals surface area contributed by atoms with Crippen LogP contribution in [0.1, 0.15) is 152 Å². The van der Waals surface area contributed by atoms with Gasteiger partial charge in [-0.1, -0.05) is 57.2 Å². The van der Waals surface area contributed by atoms with E-state index >= 15 is 0 Å². The monoisotopic (exact) mass is 1420 g/mol. The Morgan fingerprint density at radius 3 is 1.76 bits per heavy atom. The van der Waals surface area contributed by atoms with Crippen molar-refractivity contribution in [2.24, 2.45) is 11.5 Å². The van der Waals surface area contributed by atoms with E-state index in [1.54, 1.807) is 17.6 Å². The molecule has 0 radical (unpaired) electrons. The zero-order valence-corrected chi connectivity index (χ0v) is 62.6. The minimum atomic E-state index is -1.88. The molecule has 1 aromatic carbocycles. The summed E-state index contributed by atoms with van der Waals surface area (Å²) in [7, 11) is 2.27. The fourth-order valence-electron chi connectivity index (χ4n) is 14.8. The van der Waals surface area contributed by atoms with Gasteiger partial charge in [0.05, 0.1) is 35.4 Å². The number of hydrogen-bond donors (Lipinski definition) is 10. The number of amides is 1. The number of ketones is 1. The molecule has 1 atom stereocenters. The second-order valence-electron chi connectivity index (χ2n) is 29.8. The number of para-hydroxylation sites is 1. The lowest BCUT2D eigenvalue weighted by atomic mass is 9.85. The Morgan fingerprint density at radius 2 is 1.13 bits per heavy atom. The molecule has 25 heteroatoms. The van der Waals surface area contributed by atoms with Crippen molar-refractivity contribution in [3.05, 3.63) is 63.4 Å².